The quantitative estimate of drug-likeness (QED) is 0.773. The standard InChI is InChI=1S/C15H19N3O.Pt/c1-10(2)8-11(3)14-16-9-17-15(18-14)12-6-4-5-7-13(12)19;/h4-7,9-11,19H,8H2,1-3H3;. The van der Waals surface area contributed by atoms with Crippen LogP contribution in [0.15, 0.2) is 30.6 Å². The molecule has 1 atom stereocenters. The van der Waals surface area contributed by atoms with E-state index in [2.05, 4.69) is 35.7 Å². The van der Waals surface area contributed by atoms with E-state index in [1.165, 1.54) is 6.33 Å². The van der Waals surface area contributed by atoms with Crippen molar-refractivity contribution in [3.05, 3.63) is 36.4 Å². The molecule has 4 nitrogen and oxygen atoms in total. The average molecular weight is 452 g/mol. The van der Waals surface area contributed by atoms with Crippen molar-refractivity contribution >= 4 is 0 Å². The van der Waals surface area contributed by atoms with Crippen molar-refractivity contribution in [2.75, 3.05) is 0 Å². The number of aromatic hydroxyl groups is 1. The van der Waals surface area contributed by atoms with Crippen LogP contribution in [0.1, 0.15) is 38.9 Å². The minimum Gasteiger partial charge on any atom is -0.507 e. The Hall–Kier alpha value is -1.28. The number of nitrogens with zero attached hydrogens (tertiary/aromatic N) is 3. The van der Waals surface area contributed by atoms with Gasteiger partial charge in [-0.25, -0.2) is 15.0 Å². The zero-order valence-corrected chi connectivity index (χ0v) is 14.1. The first kappa shape index (κ1) is 16.8. The van der Waals surface area contributed by atoms with E-state index in [1.807, 2.05) is 12.1 Å². The summed E-state index contributed by atoms with van der Waals surface area (Å²) in [4.78, 5) is 12.9. The second-order valence-corrected chi connectivity index (χ2v) is 5.22. The molecule has 20 heavy (non-hydrogen) atoms. The first-order valence-electron chi connectivity index (χ1n) is 6.55. The summed E-state index contributed by atoms with van der Waals surface area (Å²) in [6.07, 6.45) is 2.55. The Morgan fingerprint density at radius 2 is 1.80 bits per heavy atom. The van der Waals surface area contributed by atoms with Crippen molar-refractivity contribution in [3.63, 3.8) is 0 Å². The summed E-state index contributed by atoms with van der Waals surface area (Å²) in [6.45, 7) is 6.48. The van der Waals surface area contributed by atoms with Crippen LogP contribution < -0.4 is 0 Å². The van der Waals surface area contributed by atoms with Crippen LogP contribution in [0, 0.1) is 5.92 Å². The third-order valence-electron chi connectivity index (χ3n) is 3.00. The van der Waals surface area contributed by atoms with Gasteiger partial charge in [0.25, 0.3) is 0 Å². The predicted molar refractivity (Wildman–Crippen MR) is 74.8 cm³/mol. The molecule has 0 radical (unpaired) electrons. The number of para-hydroxylation sites is 1. The summed E-state index contributed by atoms with van der Waals surface area (Å²) in [7, 11) is 0. The molecule has 1 aromatic carbocycles. The number of rotatable bonds is 4. The van der Waals surface area contributed by atoms with Gasteiger partial charge in [-0.3, -0.25) is 0 Å². The Bertz CT molecular complexity index is 560. The molecule has 0 fully saturated rings. The molecule has 0 saturated heterocycles. The van der Waals surface area contributed by atoms with Crippen LogP contribution in [0.3, 0.4) is 0 Å². The Labute approximate surface area is 134 Å². The molecular weight excluding hydrogens is 433 g/mol. The van der Waals surface area contributed by atoms with Gasteiger partial charge in [-0.2, -0.15) is 0 Å². The third kappa shape index (κ3) is 4.11. The number of phenolic OH excluding ortho intramolecular Hbond substituents is 1. The van der Waals surface area contributed by atoms with Gasteiger partial charge < -0.3 is 5.11 Å². The maximum atomic E-state index is 9.84. The molecule has 0 bridgehead atoms. The maximum Gasteiger partial charge on any atom is 0.166 e. The molecule has 0 saturated carbocycles. The molecule has 0 aliphatic rings. The molecule has 1 N–H and O–H groups in total. The van der Waals surface area contributed by atoms with E-state index in [-0.39, 0.29) is 32.7 Å². The maximum absolute atomic E-state index is 9.84. The molecule has 0 amide bonds. The molecule has 0 aliphatic heterocycles. The Kier molecular flexibility index (Phi) is 6.28. The molecule has 0 spiro atoms. The summed E-state index contributed by atoms with van der Waals surface area (Å²) in [5.41, 5.74) is 0.642. The average Bonchev–Trinajstić information content (AvgIpc) is 2.38. The van der Waals surface area contributed by atoms with Gasteiger partial charge in [-0.15, -0.1) is 0 Å². The second kappa shape index (κ2) is 7.49. The topological polar surface area (TPSA) is 58.9 Å². The van der Waals surface area contributed by atoms with Crippen molar-refractivity contribution < 1.29 is 26.2 Å². The van der Waals surface area contributed by atoms with Crippen molar-refractivity contribution in [1.29, 1.82) is 0 Å². The van der Waals surface area contributed by atoms with Crippen molar-refractivity contribution in [2.24, 2.45) is 5.92 Å². The fraction of sp³-hybridized carbons (Fsp3) is 0.400. The first-order chi connectivity index (χ1) is 9.08. The first-order valence-corrected chi connectivity index (χ1v) is 6.55. The summed E-state index contributed by atoms with van der Waals surface area (Å²) in [5.74, 6) is 2.38. The van der Waals surface area contributed by atoms with Crippen molar-refractivity contribution in [3.8, 4) is 17.1 Å². The van der Waals surface area contributed by atoms with E-state index in [0.717, 1.165) is 12.2 Å². The van der Waals surface area contributed by atoms with Gasteiger partial charge in [0.05, 0.1) is 5.56 Å². The number of phenols is 1. The zero-order chi connectivity index (χ0) is 13.8. The van der Waals surface area contributed by atoms with Crippen LogP contribution in [0.2, 0.25) is 0 Å². The van der Waals surface area contributed by atoms with E-state index in [1.54, 1.807) is 12.1 Å². The number of benzene rings is 1. The molecule has 2 rings (SSSR count). The van der Waals surface area contributed by atoms with Crippen LogP contribution in [0.4, 0.5) is 0 Å². The van der Waals surface area contributed by atoms with Gasteiger partial charge in [0, 0.05) is 27.0 Å². The molecule has 2 aromatic rings. The van der Waals surface area contributed by atoms with Crippen LogP contribution >= 0.6 is 0 Å². The third-order valence-corrected chi connectivity index (χ3v) is 3.00. The van der Waals surface area contributed by atoms with E-state index < -0.39 is 0 Å². The van der Waals surface area contributed by atoms with Crippen LogP contribution in [-0.4, -0.2) is 20.1 Å². The van der Waals surface area contributed by atoms with E-state index in [9.17, 15) is 5.11 Å². The van der Waals surface area contributed by atoms with E-state index >= 15 is 0 Å². The monoisotopic (exact) mass is 452 g/mol. The van der Waals surface area contributed by atoms with Crippen LogP contribution in [0.5, 0.6) is 5.75 Å². The summed E-state index contributed by atoms with van der Waals surface area (Å²) in [6, 6.07) is 7.08. The molecule has 1 unspecified atom stereocenters. The second-order valence-electron chi connectivity index (χ2n) is 5.22. The normalized spacial score (nSPS) is 12.0. The zero-order valence-electron chi connectivity index (χ0n) is 11.9. The van der Waals surface area contributed by atoms with E-state index in [0.29, 0.717) is 17.3 Å². The number of hydrogen-bond donors (Lipinski definition) is 1. The summed E-state index contributed by atoms with van der Waals surface area (Å²) < 4.78 is 0. The Morgan fingerprint density at radius 1 is 1.10 bits per heavy atom. The van der Waals surface area contributed by atoms with Gasteiger partial charge in [0.2, 0.25) is 0 Å². The van der Waals surface area contributed by atoms with Gasteiger partial charge in [0.15, 0.2) is 5.82 Å². The summed E-state index contributed by atoms with van der Waals surface area (Å²) in [5, 5.41) is 9.84. The Morgan fingerprint density at radius 3 is 2.45 bits per heavy atom. The smallest absolute Gasteiger partial charge is 0.166 e. The largest absolute Gasteiger partial charge is 0.507 e. The molecule has 1 heterocycles. The van der Waals surface area contributed by atoms with Crippen LogP contribution in [-0.2, 0) is 21.1 Å². The molecule has 5 heteroatoms. The van der Waals surface area contributed by atoms with Crippen molar-refractivity contribution in [1.82, 2.24) is 15.0 Å². The number of hydrogen-bond acceptors (Lipinski definition) is 4. The van der Waals surface area contributed by atoms with Crippen molar-refractivity contribution in [2.45, 2.75) is 33.1 Å². The molecular formula is C15H19N3OPt. The van der Waals surface area contributed by atoms with E-state index in [4.69, 9.17) is 0 Å². The molecule has 1 aromatic heterocycles. The molecule has 0 aliphatic carbocycles. The number of aromatic nitrogens is 3. The van der Waals surface area contributed by atoms with Gasteiger partial charge in [0.1, 0.15) is 17.9 Å². The fourth-order valence-corrected chi connectivity index (χ4v) is 2.15. The SMILES string of the molecule is CC(C)CC(C)c1ncnc(-c2ccccc2O)n1.[Pt]. The summed E-state index contributed by atoms with van der Waals surface area (Å²) >= 11 is 0. The minimum atomic E-state index is 0. The minimum absolute atomic E-state index is 0. The van der Waals surface area contributed by atoms with Gasteiger partial charge in [-0.05, 0) is 24.5 Å². The predicted octanol–water partition coefficient (Wildman–Crippen LogP) is 3.39. The van der Waals surface area contributed by atoms with Gasteiger partial charge in [-0.1, -0.05) is 32.9 Å². The fourth-order valence-electron chi connectivity index (χ4n) is 2.15. The van der Waals surface area contributed by atoms with Crippen LogP contribution in [0.25, 0.3) is 11.4 Å². The van der Waals surface area contributed by atoms with Gasteiger partial charge >= 0.3 is 0 Å². The molecule has 110 valence electrons. The Balaban J connectivity index is 0.00000200.